The third-order valence-electron chi connectivity index (χ3n) is 4.26. The highest BCUT2D eigenvalue weighted by Gasteiger charge is 2.30. The van der Waals surface area contributed by atoms with Gasteiger partial charge in [-0.05, 0) is 51.2 Å². The average molecular weight is 268 g/mol. The second-order valence-electron chi connectivity index (χ2n) is 5.93. The van der Waals surface area contributed by atoms with E-state index in [1.165, 1.54) is 18.4 Å². The lowest BCUT2D eigenvalue weighted by molar-refractivity contribution is 0.112. The van der Waals surface area contributed by atoms with Gasteiger partial charge in [-0.3, -0.25) is 9.48 Å². The van der Waals surface area contributed by atoms with Crippen molar-refractivity contribution < 1.29 is 4.79 Å². The van der Waals surface area contributed by atoms with Gasteiger partial charge in [-0.15, -0.1) is 0 Å². The van der Waals surface area contributed by atoms with Crippen LogP contribution in [0, 0.1) is 19.8 Å². The van der Waals surface area contributed by atoms with E-state index in [9.17, 15) is 4.79 Å². The number of benzene rings is 1. The summed E-state index contributed by atoms with van der Waals surface area (Å²) in [7, 11) is 0. The van der Waals surface area contributed by atoms with E-state index in [-0.39, 0.29) is 0 Å². The Labute approximate surface area is 119 Å². The van der Waals surface area contributed by atoms with Gasteiger partial charge in [0.25, 0.3) is 0 Å². The van der Waals surface area contributed by atoms with Gasteiger partial charge in [-0.25, -0.2) is 0 Å². The summed E-state index contributed by atoms with van der Waals surface area (Å²) in [6.07, 6.45) is 5.36. The molecule has 3 heteroatoms. The van der Waals surface area contributed by atoms with Crippen molar-refractivity contribution in [1.82, 2.24) is 9.78 Å². The first kappa shape index (κ1) is 13.1. The van der Waals surface area contributed by atoms with E-state index in [1.807, 2.05) is 10.9 Å². The summed E-state index contributed by atoms with van der Waals surface area (Å²) in [4.78, 5) is 11.4. The SMILES string of the molecule is Cc1ccc(C)c(-c2nn(C(C)C3CC3)cc2C=O)c1. The Bertz CT molecular complexity index is 653. The van der Waals surface area contributed by atoms with Crippen LogP contribution in [0.2, 0.25) is 0 Å². The largest absolute Gasteiger partial charge is 0.298 e. The molecule has 1 aliphatic rings. The number of nitrogens with zero attached hydrogens (tertiary/aromatic N) is 2. The molecule has 0 N–H and O–H groups in total. The Morgan fingerprint density at radius 2 is 2.10 bits per heavy atom. The predicted octanol–water partition coefficient (Wildman–Crippen LogP) is 3.95. The Balaban J connectivity index is 2.07. The Morgan fingerprint density at radius 1 is 1.35 bits per heavy atom. The van der Waals surface area contributed by atoms with Gasteiger partial charge in [0.1, 0.15) is 5.69 Å². The van der Waals surface area contributed by atoms with Gasteiger partial charge in [0.2, 0.25) is 0 Å². The van der Waals surface area contributed by atoms with Crippen LogP contribution >= 0.6 is 0 Å². The summed E-state index contributed by atoms with van der Waals surface area (Å²) in [6.45, 7) is 6.31. The summed E-state index contributed by atoms with van der Waals surface area (Å²) in [5.41, 5.74) is 4.91. The molecule has 104 valence electrons. The fourth-order valence-electron chi connectivity index (χ4n) is 2.70. The normalized spacial score (nSPS) is 16.1. The van der Waals surface area contributed by atoms with Crippen LogP contribution in [0.3, 0.4) is 0 Å². The lowest BCUT2D eigenvalue weighted by atomic mass is 10.0. The maximum Gasteiger partial charge on any atom is 0.153 e. The molecule has 1 atom stereocenters. The summed E-state index contributed by atoms with van der Waals surface area (Å²) < 4.78 is 1.97. The molecule has 1 fully saturated rings. The highest BCUT2D eigenvalue weighted by Crippen LogP contribution is 2.39. The first-order valence-corrected chi connectivity index (χ1v) is 7.22. The molecule has 0 saturated heterocycles. The van der Waals surface area contributed by atoms with Crippen LogP contribution in [0.25, 0.3) is 11.3 Å². The third-order valence-corrected chi connectivity index (χ3v) is 4.26. The Kier molecular flexibility index (Phi) is 3.20. The smallest absolute Gasteiger partial charge is 0.153 e. The quantitative estimate of drug-likeness (QED) is 0.787. The van der Waals surface area contributed by atoms with Gasteiger partial charge in [0.05, 0.1) is 11.6 Å². The molecular weight excluding hydrogens is 248 g/mol. The number of carbonyl (C=O) groups is 1. The van der Waals surface area contributed by atoms with Crippen molar-refractivity contribution in [3.63, 3.8) is 0 Å². The summed E-state index contributed by atoms with van der Waals surface area (Å²) in [6, 6.07) is 6.66. The van der Waals surface area contributed by atoms with E-state index in [2.05, 4.69) is 39.0 Å². The summed E-state index contributed by atoms with van der Waals surface area (Å²) in [5, 5.41) is 4.70. The van der Waals surface area contributed by atoms with Crippen LogP contribution in [0.1, 0.15) is 47.3 Å². The molecule has 1 saturated carbocycles. The first-order valence-electron chi connectivity index (χ1n) is 7.22. The van der Waals surface area contributed by atoms with Crippen LogP contribution in [0.4, 0.5) is 0 Å². The van der Waals surface area contributed by atoms with Gasteiger partial charge >= 0.3 is 0 Å². The van der Waals surface area contributed by atoms with Crippen molar-refractivity contribution in [1.29, 1.82) is 0 Å². The molecule has 1 aliphatic carbocycles. The van der Waals surface area contributed by atoms with E-state index in [4.69, 9.17) is 5.10 Å². The standard InChI is InChI=1S/C17H20N2O/c1-11-4-5-12(2)16(8-11)17-15(10-20)9-19(18-17)13(3)14-6-7-14/h4-5,8-10,13-14H,6-7H2,1-3H3. The maximum atomic E-state index is 11.4. The molecule has 1 aromatic carbocycles. The third kappa shape index (κ3) is 2.28. The molecule has 1 heterocycles. The summed E-state index contributed by atoms with van der Waals surface area (Å²) >= 11 is 0. The Hall–Kier alpha value is -1.90. The predicted molar refractivity (Wildman–Crippen MR) is 80.0 cm³/mol. The molecule has 3 rings (SSSR count). The van der Waals surface area contributed by atoms with Gasteiger partial charge in [-0.1, -0.05) is 17.7 Å². The number of hydrogen-bond acceptors (Lipinski definition) is 2. The molecule has 20 heavy (non-hydrogen) atoms. The van der Waals surface area contributed by atoms with E-state index in [0.717, 1.165) is 29.0 Å². The molecule has 0 radical (unpaired) electrons. The number of rotatable bonds is 4. The number of carbonyl (C=O) groups excluding carboxylic acids is 1. The molecule has 1 unspecified atom stereocenters. The fourth-order valence-corrected chi connectivity index (χ4v) is 2.70. The van der Waals surface area contributed by atoms with Crippen LogP contribution in [-0.2, 0) is 0 Å². The van der Waals surface area contributed by atoms with Crippen molar-refractivity contribution in [2.24, 2.45) is 5.92 Å². The van der Waals surface area contributed by atoms with E-state index in [1.54, 1.807) is 0 Å². The van der Waals surface area contributed by atoms with Gasteiger partial charge in [0, 0.05) is 11.8 Å². The van der Waals surface area contributed by atoms with Crippen molar-refractivity contribution in [2.45, 2.75) is 39.7 Å². The molecule has 0 bridgehead atoms. The molecule has 0 amide bonds. The molecule has 3 nitrogen and oxygen atoms in total. The Morgan fingerprint density at radius 3 is 2.75 bits per heavy atom. The minimum atomic E-state index is 0.382. The van der Waals surface area contributed by atoms with Crippen LogP contribution in [0.5, 0.6) is 0 Å². The van der Waals surface area contributed by atoms with Gasteiger partial charge in [0.15, 0.2) is 6.29 Å². The second kappa shape index (κ2) is 4.89. The topological polar surface area (TPSA) is 34.9 Å². The zero-order valence-electron chi connectivity index (χ0n) is 12.3. The minimum Gasteiger partial charge on any atom is -0.298 e. The molecule has 2 aromatic rings. The van der Waals surface area contributed by atoms with Crippen LogP contribution < -0.4 is 0 Å². The molecule has 0 spiro atoms. The maximum absolute atomic E-state index is 11.4. The number of aryl methyl sites for hydroxylation is 2. The fraction of sp³-hybridized carbons (Fsp3) is 0.412. The van der Waals surface area contributed by atoms with E-state index >= 15 is 0 Å². The first-order chi connectivity index (χ1) is 9.60. The highest BCUT2D eigenvalue weighted by atomic mass is 16.1. The van der Waals surface area contributed by atoms with Crippen molar-refractivity contribution in [3.8, 4) is 11.3 Å². The van der Waals surface area contributed by atoms with Crippen LogP contribution in [-0.4, -0.2) is 16.1 Å². The summed E-state index contributed by atoms with van der Waals surface area (Å²) in [5.74, 6) is 0.723. The molecule has 0 aliphatic heterocycles. The molecular formula is C17H20N2O. The zero-order chi connectivity index (χ0) is 14.3. The van der Waals surface area contributed by atoms with Crippen molar-refractivity contribution in [3.05, 3.63) is 41.1 Å². The minimum absolute atomic E-state index is 0.382. The van der Waals surface area contributed by atoms with Crippen LogP contribution in [0.15, 0.2) is 24.4 Å². The highest BCUT2D eigenvalue weighted by molar-refractivity contribution is 5.86. The van der Waals surface area contributed by atoms with Gasteiger partial charge in [-0.2, -0.15) is 5.10 Å². The molecule has 1 aromatic heterocycles. The van der Waals surface area contributed by atoms with E-state index < -0.39 is 0 Å². The monoisotopic (exact) mass is 268 g/mol. The van der Waals surface area contributed by atoms with Crippen molar-refractivity contribution in [2.75, 3.05) is 0 Å². The lowest BCUT2D eigenvalue weighted by Crippen LogP contribution is -2.07. The van der Waals surface area contributed by atoms with E-state index in [0.29, 0.717) is 11.6 Å². The zero-order valence-corrected chi connectivity index (χ0v) is 12.3. The van der Waals surface area contributed by atoms with Crippen molar-refractivity contribution >= 4 is 6.29 Å². The average Bonchev–Trinajstić information content (AvgIpc) is 3.20. The number of aromatic nitrogens is 2. The number of aldehydes is 1. The number of hydrogen-bond donors (Lipinski definition) is 0. The second-order valence-corrected chi connectivity index (χ2v) is 5.93. The van der Waals surface area contributed by atoms with Gasteiger partial charge < -0.3 is 0 Å². The lowest BCUT2D eigenvalue weighted by Gasteiger charge is -2.10.